The zero-order valence-corrected chi connectivity index (χ0v) is 13.1. The fourth-order valence-corrected chi connectivity index (χ4v) is 2.76. The van der Waals surface area contributed by atoms with Crippen LogP contribution in [0.25, 0.3) is 17.0 Å². The van der Waals surface area contributed by atoms with Gasteiger partial charge in [0.25, 0.3) is 5.56 Å². The summed E-state index contributed by atoms with van der Waals surface area (Å²) in [6.45, 7) is 1.83. The number of pyridine rings is 1. The first-order valence-corrected chi connectivity index (χ1v) is 7.45. The first-order chi connectivity index (χ1) is 11.1. The maximum atomic E-state index is 12.6. The van der Waals surface area contributed by atoms with E-state index in [1.807, 2.05) is 61.5 Å². The fraction of sp³-hybridized carbons (Fsp3) is 0.100. The Hall–Kier alpha value is -2.94. The number of hydrogen-bond acceptors (Lipinski definition) is 2. The van der Waals surface area contributed by atoms with Crippen LogP contribution in [0.1, 0.15) is 21.5 Å². The molecule has 0 fully saturated rings. The Morgan fingerprint density at radius 3 is 2.39 bits per heavy atom. The minimum atomic E-state index is -0.266. The van der Waals surface area contributed by atoms with Gasteiger partial charge in [0.2, 0.25) is 0 Å². The Balaban J connectivity index is 2.11. The molecule has 0 spiro atoms. The van der Waals surface area contributed by atoms with Gasteiger partial charge in [-0.05, 0) is 30.2 Å². The third-order valence-corrected chi connectivity index (χ3v) is 4.04. The van der Waals surface area contributed by atoms with Crippen molar-refractivity contribution in [3.05, 3.63) is 87.7 Å². The minimum absolute atomic E-state index is 0.235. The predicted molar refractivity (Wildman–Crippen MR) is 93.7 cm³/mol. The van der Waals surface area contributed by atoms with Crippen LogP contribution in [0.3, 0.4) is 0 Å². The van der Waals surface area contributed by atoms with E-state index >= 15 is 0 Å². The highest BCUT2D eigenvalue weighted by atomic mass is 16.1. The second kappa shape index (κ2) is 6.05. The van der Waals surface area contributed by atoms with E-state index in [0.717, 1.165) is 22.0 Å². The number of rotatable bonds is 3. The maximum Gasteiger partial charge on any atom is 0.262 e. The van der Waals surface area contributed by atoms with Crippen molar-refractivity contribution in [1.82, 2.24) is 4.57 Å². The smallest absolute Gasteiger partial charge is 0.262 e. The molecule has 0 saturated carbocycles. The molecule has 0 aliphatic carbocycles. The summed E-state index contributed by atoms with van der Waals surface area (Å²) in [6, 6.07) is 17.2. The lowest BCUT2D eigenvalue weighted by atomic mass is 10.0. The lowest BCUT2D eigenvalue weighted by Crippen LogP contribution is -2.25. The Morgan fingerprint density at radius 1 is 1.00 bits per heavy atom. The molecule has 2 aromatic carbocycles. The maximum absolute atomic E-state index is 12.6. The summed E-state index contributed by atoms with van der Waals surface area (Å²) >= 11 is 0. The number of nitrogens with zero attached hydrogens (tertiary/aromatic N) is 1. The lowest BCUT2D eigenvalue weighted by molar-refractivity contribution is 0.104. The van der Waals surface area contributed by atoms with Crippen molar-refractivity contribution in [2.24, 2.45) is 7.05 Å². The molecule has 0 unspecified atom stereocenters. The van der Waals surface area contributed by atoms with Gasteiger partial charge in [-0.1, -0.05) is 54.6 Å². The SMILES string of the molecule is Cc1c(C(=O)/C=C/c2ccccc2)c(=O)n(C)c2ccccc12. The van der Waals surface area contributed by atoms with Crippen LogP contribution in [0.15, 0.2) is 65.5 Å². The van der Waals surface area contributed by atoms with Crippen LogP contribution in [0.4, 0.5) is 0 Å². The van der Waals surface area contributed by atoms with Crippen molar-refractivity contribution in [2.45, 2.75) is 6.92 Å². The van der Waals surface area contributed by atoms with Crippen LogP contribution in [-0.2, 0) is 7.05 Å². The molecule has 0 aliphatic heterocycles. The van der Waals surface area contributed by atoms with Crippen LogP contribution >= 0.6 is 0 Å². The first kappa shape index (κ1) is 15.0. The summed E-state index contributed by atoms with van der Waals surface area (Å²) in [4.78, 5) is 25.1. The number of benzene rings is 2. The zero-order valence-electron chi connectivity index (χ0n) is 13.1. The molecular formula is C20H17NO2. The molecule has 0 N–H and O–H groups in total. The average Bonchev–Trinajstić information content (AvgIpc) is 2.59. The monoisotopic (exact) mass is 303 g/mol. The van der Waals surface area contributed by atoms with Gasteiger partial charge in [0.15, 0.2) is 5.78 Å². The van der Waals surface area contributed by atoms with Crippen LogP contribution in [0, 0.1) is 6.92 Å². The third-order valence-electron chi connectivity index (χ3n) is 4.04. The number of carbonyl (C=O) groups is 1. The number of aromatic nitrogens is 1. The highest BCUT2D eigenvalue weighted by Gasteiger charge is 2.16. The summed E-state index contributed by atoms with van der Waals surface area (Å²) in [6.07, 6.45) is 3.20. The van der Waals surface area contributed by atoms with Crippen LogP contribution in [-0.4, -0.2) is 10.4 Å². The molecular weight excluding hydrogens is 286 g/mol. The molecule has 0 saturated heterocycles. The van der Waals surface area contributed by atoms with E-state index in [1.165, 1.54) is 10.6 Å². The number of carbonyl (C=O) groups excluding carboxylic acids is 1. The van der Waals surface area contributed by atoms with Crippen molar-refractivity contribution in [1.29, 1.82) is 0 Å². The normalized spacial score (nSPS) is 11.2. The summed E-state index contributed by atoms with van der Waals surface area (Å²) < 4.78 is 1.53. The van der Waals surface area contributed by atoms with Crippen molar-refractivity contribution < 1.29 is 4.79 Å². The Kier molecular flexibility index (Phi) is 3.94. The number of fused-ring (bicyclic) bond motifs is 1. The van der Waals surface area contributed by atoms with E-state index in [-0.39, 0.29) is 16.9 Å². The highest BCUT2D eigenvalue weighted by molar-refractivity contribution is 6.09. The van der Waals surface area contributed by atoms with Crippen LogP contribution in [0.2, 0.25) is 0 Å². The topological polar surface area (TPSA) is 39.1 Å². The highest BCUT2D eigenvalue weighted by Crippen LogP contribution is 2.19. The van der Waals surface area contributed by atoms with Gasteiger partial charge in [0, 0.05) is 12.4 Å². The molecule has 0 aliphatic rings. The predicted octanol–water partition coefficient (Wildman–Crippen LogP) is 3.74. The number of para-hydroxylation sites is 1. The molecule has 3 nitrogen and oxygen atoms in total. The van der Waals surface area contributed by atoms with Gasteiger partial charge in [-0.2, -0.15) is 0 Å². The van der Waals surface area contributed by atoms with Gasteiger partial charge < -0.3 is 4.57 Å². The quantitative estimate of drug-likeness (QED) is 0.546. The Morgan fingerprint density at radius 2 is 1.65 bits per heavy atom. The second-order valence-corrected chi connectivity index (χ2v) is 5.49. The minimum Gasteiger partial charge on any atom is -0.311 e. The fourth-order valence-electron chi connectivity index (χ4n) is 2.76. The molecule has 1 heterocycles. The molecule has 3 rings (SSSR count). The van der Waals surface area contributed by atoms with Crippen LogP contribution < -0.4 is 5.56 Å². The number of aryl methyl sites for hydroxylation is 2. The molecule has 23 heavy (non-hydrogen) atoms. The molecule has 0 radical (unpaired) electrons. The Labute approximate surface area is 134 Å². The number of hydrogen-bond donors (Lipinski definition) is 0. The molecule has 114 valence electrons. The van der Waals surface area contributed by atoms with E-state index in [9.17, 15) is 9.59 Å². The summed E-state index contributed by atoms with van der Waals surface area (Å²) in [7, 11) is 1.70. The van der Waals surface area contributed by atoms with Crippen molar-refractivity contribution in [3.63, 3.8) is 0 Å². The number of allylic oxidation sites excluding steroid dienone is 1. The third kappa shape index (κ3) is 2.73. The van der Waals surface area contributed by atoms with E-state index in [4.69, 9.17) is 0 Å². The van der Waals surface area contributed by atoms with E-state index in [1.54, 1.807) is 13.1 Å². The van der Waals surface area contributed by atoms with Gasteiger partial charge in [-0.25, -0.2) is 0 Å². The summed E-state index contributed by atoms with van der Waals surface area (Å²) in [5.41, 5.74) is 2.46. The average molecular weight is 303 g/mol. The summed E-state index contributed by atoms with van der Waals surface area (Å²) in [5.74, 6) is -0.266. The molecule has 3 aromatic rings. The second-order valence-electron chi connectivity index (χ2n) is 5.49. The first-order valence-electron chi connectivity index (χ1n) is 7.45. The van der Waals surface area contributed by atoms with E-state index in [2.05, 4.69) is 0 Å². The largest absolute Gasteiger partial charge is 0.311 e. The Bertz CT molecular complexity index is 966. The molecule has 3 heteroatoms. The van der Waals surface area contributed by atoms with Gasteiger partial charge in [-0.15, -0.1) is 0 Å². The van der Waals surface area contributed by atoms with Gasteiger partial charge >= 0.3 is 0 Å². The standard InChI is InChI=1S/C20H17NO2/c1-14-16-10-6-7-11-17(16)21(2)20(23)19(14)18(22)13-12-15-8-4-3-5-9-15/h3-13H,1-2H3/b13-12+. The summed E-state index contributed by atoms with van der Waals surface area (Å²) in [5, 5.41) is 0.922. The van der Waals surface area contributed by atoms with Crippen molar-refractivity contribution in [2.75, 3.05) is 0 Å². The molecule has 1 aromatic heterocycles. The van der Waals surface area contributed by atoms with Crippen molar-refractivity contribution in [3.8, 4) is 0 Å². The van der Waals surface area contributed by atoms with Gasteiger partial charge in [-0.3, -0.25) is 9.59 Å². The molecule has 0 bridgehead atoms. The zero-order chi connectivity index (χ0) is 16.4. The van der Waals surface area contributed by atoms with E-state index in [0.29, 0.717) is 0 Å². The van der Waals surface area contributed by atoms with Gasteiger partial charge in [0.05, 0.1) is 11.1 Å². The van der Waals surface area contributed by atoms with Crippen molar-refractivity contribution >= 4 is 22.8 Å². The molecule has 0 amide bonds. The number of ketones is 1. The molecule has 0 atom stereocenters. The van der Waals surface area contributed by atoms with Crippen LogP contribution in [0.5, 0.6) is 0 Å². The van der Waals surface area contributed by atoms with Gasteiger partial charge in [0.1, 0.15) is 0 Å². The van der Waals surface area contributed by atoms with E-state index < -0.39 is 0 Å². The lowest BCUT2D eigenvalue weighted by Gasteiger charge is -2.11.